The third-order valence-corrected chi connectivity index (χ3v) is 5.07. The van der Waals surface area contributed by atoms with Crippen LogP contribution in [-0.4, -0.2) is 42.5 Å². The number of rotatable bonds is 8. The van der Waals surface area contributed by atoms with E-state index in [1.807, 2.05) is 48.5 Å². The summed E-state index contributed by atoms with van der Waals surface area (Å²) in [5.74, 6) is -1.12. The molecule has 1 atom stereocenters. The molecule has 166 valence electrons. The second-order valence-corrected chi connectivity index (χ2v) is 7.26. The van der Waals surface area contributed by atoms with Gasteiger partial charge in [-0.1, -0.05) is 48.5 Å². The van der Waals surface area contributed by atoms with Gasteiger partial charge in [0.2, 0.25) is 5.78 Å². The minimum Gasteiger partial charge on any atom is -0.481 e. The van der Waals surface area contributed by atoms with Crippen molar-refractivity contribution in [1.82, 2.24) is 4.98 Å². The summed E-state index contributed by atoms with van der Waals surface area (Å²) >= 11 is 0. The highest BCUT2D eigenvalue weighted by Crippen LogP contribution is 2.29. The van der Waals surface area contributed by atoms with Crippen molar-refractivity contribution in [3.63, 3.8) is 0 Å². The van der Waals surface area contributed by atoms with E-state index < -0.39 is 23.8 Å². The number of ketones is 1. The number of hydrogen-bond donors (Lipinski definition) is 1. The first kappa shape index (κ1) is 22.8. The van der Waals surface area contributed by atoms with Gasteiger partial charge < -0.3 is 19.2 Å². The van der Waals surface area contributed by atoms with Gasteiger partial charge in [0.05, 0.1) is 18.4 Å². The maximum atomic E-state index is 12.8. The fourth-order valence-electron chi connectivity index (χ4n) is 3.48. The van der Waals surface area contributed by atoms with Gasteiger partial charge in [0, 0.05) is 11.3 Å². The van der Waals surface area contributed by atoms with Crippen molar-refractivity contribution in [3.8, 4) is 16.9 Å². The van der Waals surface area contributed by atoms with E-state index in [2.05, 4.69) is 4.98 Å². The number of carbonyl (C=O) groups is 3. The molecule has 0 aliphatic rings. The number of nitrogens with one attached hydrogen (secondary N) is 1. The van der Waals surface area contributed by atoms with Crippen LogP contribution in [0, 0.1) is 13.8 Å². The second kappa shape index (κ2) is 9.96. The molecule has 1 N–H and O–H groups in total. The third-order valence-electron chi connectivity index (χ3n) is 5.07. The number of methoxy groups -OCH3 is 1. The van der Waals surface area contributed by atoms with Crippen molar-refractivity contribution in [3.05, 3.63) is 77.1 Å². The average molecular weight is 435 g/mol. The fourth-order valence-corrected chi connectivity index (χ4v) is 3.48. The van der Waals surface area contributed by atoms with Crippen molar-refractivity contribution >= 4 is 17.7 Å². The predicted octanol–water partition coefficient (Wildman–Crippen LogP) is 4.28. The molecular weight excluding hydrogens is 410 g/mol. The maximum Gasteiger partial charge on any atom is 0.344 e. The molecule has 0 saturated heterocycles. The zero-order valence-corrected chi connectivity index (χ0v) is 18.4. The van der Waals surface area contributed by atoms with Gasteiger partial charge in [-0.05, 0) is 38.0 Å². The monoisotopic (exact) mass is 435 g/mol. The number of ether oxygens (including phenoxy) is 3. The van der Waals surface area contributed by atoms with Crippen LogP contribution in [0.2, 0.25) is 0 Å². The van der Waals surface area contributed by atoms with Crippen molar-refractivity contribution in [2.45, 2.75) is 26.9 Å². The van der Waals surface area contributed by atoms with Crippen LogP contribution in [0.4, 0.5) is 0 Å². The number of aromatic nitrogens is 1. The molecule has 1 aromatic heterocycles. The quantitative estimate of drug-likeness (QED) is 0.419. The Morgan fingerprint density at radius 1 is 0.969 bits per heavy atom. The van der Waals surface area contributed by atoms with Crippen LogP contribution >= 0.6 is 0 Å². The number of carbonyl (C=O) groups excluding carboxylic acids is 3. The molecule has 0 saturated carbocycles. The van der Waals surface area contributed by atoms with Gasteiger partial charge in [-0.15, -0.1) is 0 Å². The summed E-state index contributed by atoms with van der Waals surface area (Å²) < 4.78 is 15.7. The summed E-state index contributed by atoms with van der Waals surface area (Å²) in [5, 5.41) is 0. The standard InChI is InChI=1S/C25H25NO6/c1-15-22(25(29)30-4)16(2)26-23(15)24(28)17(3)32-21(27)14-31-20-13-9-8-12-19(20)18-10-6-5-7-11-18/h5-13,17,26H,14H2,1-4H3/t17-/m1/s1. The molecule has 0 fully saturated rings. The molecule has 32 heavy (non-hydrogen) atoms. The van der Waals surface area contributed by atoms with E-state index in [0.717, 1.165) is 11.1 Å². The van der Waals surface area contributed by atoms with E-state index in [-0.39, 0.29) is 12.3 Å². The zero-order valence-electron chi connectivity index (χ0n) is 18.4. The third kappa shape index (κ3) is 4.88. The van der Waals surface area contributed by atoms with E-state index in [4.69, 9.17) is 14.2 Å². The summed E-state index contributed by atoms with van der Waals surface area (Å²) in [5.41, 5.74) is 3.28. The lowest BCUT2D eigenvalue weighted by atomic mass is 10.1. The predicted molar refractivity (Wildman–Crippen MR) is 119 cm³/mol. The Morgan fingerprint density at radius 2 is 1.62 bits per heavy atom. The van der Waals surface area contributed by atoms with Crippen molar-refractivity contribution in [1.29, 1.82) is 0 Å². The van der Waals surface area contributed by atoms with Crippen LogP contribution in [0.5, 0.6) is 5.75 Å². The Bertz CT molecular complexity index is 1130. The highest BCUT2D eigenvalue weighted by atomic mass is 16.6. The average Bonchev–Trinajstić information content (AvgIpc) is 3.11. The van der Waals surface area contributed by atoms with Gasteiger partial charge in [0.1, 0.15) is 5.75 Å². The van der Waals surface area contributed by atoms with Crippen molar-refractivity contribution in [2.75, 3.05) is 13.7 Å². The minimum absolute atomic E-state index is 0.207. The van der Waals surface area contributed by atoms with Crippen LogP contribution < -0.4 is 4.74 Å². The molecule has 0 aliphatic heterocycles. The zero-order chi connectivity index (χ0) is 23.3. The maximum absolute atomic E-state index is 12.8. The molecule has 0 radical (unpaired) electrons. The number of hydrogen-bond acceptors (Lipinski definition) is 6. The summed E-state index contributed by atoms with van der Waals surface area (Å²) in [6, 6.07) is 17.0. The Kier molecular flexibility index (Phi) is 7.10. The smallest absolute Gasteiger partial charge is 0.344 e. The second-order valence-electron chi connectivity index (χ2n) is 7.26. The van der Waals surface area contributed by atoms with Gasteiger partial charge in [-0.3, -0.25) is 4.79 Å². The minimum atomic E-state index is -1.06. The normalized spacial score (nSPS) is 11.5. The molecular formula is C25H25NO6. The molecule has 3 aromatic rings. The van der Waals surface area contributed by atoms with Gasteiger partial charge in [0.15, 0.2) is 12.7 Å². The van der Waals surface area contributed by atoms with Gasteiger partial charge >= 0.3 is 11.9 Å². The lowest BCUT2D eigenvalue weighted by molar-refractivity contribution is -0.148. The Morgan fingerprint density at radius 3 is 2.31 bits per heavy atom. The molecule has 1 heterocycles. The lowest BCUT2D eigenvalue weighted by Crippen LogP contribution is -2.28. The van der Waals surface area contributed by atoms with Crippen LogP contribution in [0.15, 0.2) is 54.6 Å². The van der Waals surface area contributed by atoms with E-state index in [1.54, 1.807) is 19.9 Å². The first-order valence-electron chi connectivity index (χ1n) is 10.1. The summed E-state index contributed by atoms with van der Waals surface area (Å²) in [6.45, 7) is 4.44. The van der Waals surface area contributed by atoms with E-state index in [1.165, 1.54) is 14.0 Å². The number of para-hydroxylation sites is 1. The Balaban J connectivity index is 1.65. The highest BCUT2D eigenvalue weighted by molar-refractivity contribution is 6.04. The molecule has 0 amide bonds. The SMILES string of the molecule is COC(=O)c1c(C)[nH]c(C(=O)[C@@H](C)OC(=O)COc2ccccc2-c2ccccc2)c1C. The number of esters is 2. The van der Waals surface area contributed by atoms with E-state index in [0.29, 0.717) is 22.6 Å². The van der Waals surface area contributed by atoms with E-state index in [9.17, 15) is 14.4 Å². The number of aromatic amines is 1. The molecule has 7 heteroatoms. The lowest BCUT2D eigenvalue weighted by Gasteiger charge is -2.14. The summed E-state index contributed by atoms with van der Waals surface area (Å²) in [4.78, 5) is 40.0. The fraction of sp³-hybridized carbons (Fsp3) is 0.240. The number of benzene rings is 2. The summed E-state index contributed by atoms with van der Waals surface area (Å²) in [6.07, 6.45) is -1.06. The molecule has 0 spiro atoms. The van der Waals surface area contributed by atoms with Crippen LogP contribution in [0.25, 0.3) is 11.1 Å². The molecule has 0 unspecified atom stereocenters. The van der Waals surface area contributed by atoms with Crippen molar-refractivity contribution < 1.29 is 28.6 Å². The van der Waals surface area contributed by atoms with Crippen molar-refractivity contribution in [2.24, 2.45) is 0 Å². The summed E-state index contributed by atoms with van der Waals surface area (Å²) in [7, 11) is 1.27. The van der Waals surface area contributed by atoms with E-state index >= 15 is 0 Å². The van der Waals surface area contributed by atoms with Crippen LogP contribution in [0.3, 0.4) is 0 Å². The topological polar surface area (TPSA) is 94.7 Å². The number of H-pyrrole nitrogens is 1. The first-order chi connectivity index (χ1) is 15.3. The number of Topliss-reactive ketones (excluding diaryl/α,β-unsaturated/α-hetero) is 1. The molecule has 0 aliphatic carbocycles. The largest absolute Gasteiger partial charge is 0.481 e. The van der Waals surface area contributed by atoms with Crippen LogP contribution in [-0.2, 0) is 14.3 Å². The molecule has 7 nitrogen and oxygen atoms in total. The van der Waals surface area contributed by atoms with Crippen LogP contribution in [0.1, 0.15) is 39.0 Å². The Hall–Kier alpha value is -3.87. The first-order valence-corrected chi connectivity index (χ1v) is 10.1. The Labute approximate surface area is 186 Å². The van der Waals surface area contributed by atoms with Gasteiger partial charge in [-0.2, -0.15) is 0 Å². The van der Waals surface area contributed by atoms with Gasteiger partial charge in [-0.25, -0.2) is 9.59 Å². The highest BCUT2D eigenvalue weighted by Gasteiger charge is 2.27. The van der Waals surface area contributed by atoms with Gasteiger partial charge in [0.25, 0.3) is 0 Å². The molecule has 0 bridgehead atoms. The molecule has 2 aromatic carbocycles. The molecule has 3 rings (SSSR count). The number of aryl methyl sites for hydroxylation is 1.